The normalized spacial score (nSPS) is 11.2. The van der Waals surface area contributed by atoms with Gasteiger partial charge in [0.05, 0.1) is 6.61 Å². The van der Waals surface area contributed by atoms with Crippen LogP contribution in [0.3, 0.4) is 0 Å². The quantitative estimate of drug-likeness (QED) is 0.776. The van der Waals surface area contributed by atoms with E-state index in [1.54, 1.807) is 12.1 Å². The summed E-state index contributed by atoms with van der Waals surface area (Å²) in [5.74, 6) is 0.785. The third-order valence-corrected chi connectivity index (χ3v) is 1.54. The van der Waals surface area contributed by atoms with Crippen molar-refractivity contribution in [3.8, 4) is 11.5 Å². The molecular formula is C10H11F3O2. The van der Waals surface area contributed by atoms with Gasteiger partial charge in [-0.05, 0) is 31.2 Å². The van der Waals surface area contributed by atoms with Crippen LogP contribution in [0, 0.1) is 0 Å². The molecule has 1 rings (SSSR count). The van der Waals surface area contributed by atoms with Crippen molar-refractivity contribution in [2.45, 2.75) is 13.1 Å². The highest BCUT2D eigenvalue weighted by molar-refractivity contribution is 5.31. The van der Waals surface area contributed by atoms with E-state index >= 15 is 0 Å². The summed E-state index contributed by atoms with van der Waals surface area (Å²) in [6.07, 6.45) is -4.31. The van der Waals surface area contributed by atoms with Gasteiger partial charge in [-0.3, -0.25) is 0 Å². The Morgan fingerprint density at radius 2 is 1.47 bits per heavy atom. The van der Waals surface area contributed by atoms with Crippen molar-refractivity contribution in [3.63, 3.8) is 0 Å². The third kappa shape index (κ3) is 4.58. The minimum absolute atomic E-state index is 0.177. The Kier molecular flexibility index (Phi) is 3.82. The second-order valence-corrected chi connectivity index (χ2v) is 2.81. The Labute approximate surface area is 85.6 Å². The lowest BCUT2D eigenvalue weighted by atomic mass is 10.3. The van der Waals surface area contributed by atoms with Gasteiger partial charge in [0.15, 0.2) is 6.61 Å². The molecule has 0 saturated carbocycles. The van der Waals surface area contributed by atoms with Gasteiger partial charge in [-0.25, -0.2) is 0 Å². The van der Waals surface area contributed by atoms with Gasteiger partial charge in [0.25, 0.3) is 0 Å². The van der Waals surface area contributed by atoms with E-state index in [2.05, 4.69) is 4.74 Å². The summed E-state index contributed by atoms with van der Waals surface area (Å²) in [5, 5.41) is 0. The summed E-state index contributed by atoms with van der Waals surface area (Å²) in [4.78, 5) is 0. The van der Waals surface area contributed by atoms with Gasteiger partial charge in [-0.2, -0.15) is 13.2 Å². The van der Waals surface area contributed by atoms with Crippen molar-refractivity contribution < 1.29 is 22.6 Å². The highest BCUT2D eigenvalue weighted by atomic mass is 19.4. The molecule has 0 spiro atoms. The predicted octanol–water partition coefficient (Wildman–Crippen LogP) is 3.03. The minimum Gasteiger partial charge on any atom is -0.494 e. The Bertz CT molecular complexity index is 293. The second-order valence-electron chi connectivity index (χ2n) is 2.81. The molecule has 0 unspecified atom stereocenters. The summed E-state index contributed by atoms with van der Waals surface area (Å²) >= 11 is 0. The summed E-state index contributed by atoms with van der Waals surface area (Å²) in [6, 6.07) is 6.01. The molecule has 0 N–H and O–H groups in total. The van der Waals surface area contributed by atoms with Gasteiger partial charge in [0, 0.05) is 0 Å². The number of alkyl halides is 3. The van der Waals surface area contributed by atoms with Crippen LogP contribution in [0.2, 0.25) is 0 Å². The smallest absolute Gasteiger partial charge is 0.422 e. The topological polar surface area (TPSA) is 18.5 Å². The molecule has 0 aliphatic carbocycles. The standard InChI is InChI=1S/C10H11F3O2/c1-2-14-8-3-5-9(6-4-8)15-7-10(11,12)13/h3-6H,2,7H2,1H3. The van der Waals surface area contributed by atoms with Crippen LogP contribution in [0.5, 0.6) is 11.5 Å². The van der Waals surface area contributed by atoms with Crippen molar-refractivity contribution in [3.05, 3.63) is 24.3 Å². The molecule has 0 fully saturated rings. The lowest BCUT2D eigenvalue weighted by Gasteiger charge is -2.09. The number of rotatable bonds is 4. The Morgan fingerprint density at radius 1 is 1.00 bits per heavy atom. The van der Waals surface area contributed by atoms with Crippen LogP contribution in [-0.4, -0.2) is 19.4 Å². The van der Waals surface area contributed by atoms with E-state index in [4.69, 9.17) is 4.74 Å². The van der Waals surface area contributed by atoms with E-state index in [0.29, 0.717) is 12.4 Å². The molecule has 1 aromatic carbocycles. The average Bonchev–Trinajstić information content (AvgIpc) is 2.16. The highest BCUT2D eigenvalue weighted by Crippen LogP contribution is 2.20. The van der Waals surface area contributed by atoms with Crippen LogP contribution in [0.25, 0.3) is 0 Å². The third-order valence-electron chi connectivity index (χ3n) is 1.54. The molecular weight excluding hydrogens is 209 g/mol. The molecule has 0 amide bonds. The molecule has 0 aliphatic heterocycles. The summed E-state index contributed by atoms with van der Waals surface area (Å²) in [5.41, 5.74) is 0. The Balaban J connectivity index is 2.50. The highest BCUT2D eigenvalue weighted by Gasteiger charge is 2.28. The molecule has 0 aliphatic rings. The molecule has 5 heteroatoms. The molecule has 1 aromatic rings. The molecule has 0 saturated heterocycles. The maximum atomic E-state index is 11.8. The van der Waals surface area contributed by atoms with Crippen LogP contribution < -0.4 is 9.47 Å². The molecule has 0 radical (unpaired) electrons. The first kappa shape index (κ1) is 11.7. The monoisotopic (exact) mass is 220 g/mol. The number of ether oxygens (including phenoxy) is 2. The Hall–Kier alpha value is -1.39. The van der Waals surface area contributed by atoms with Gasteiger partial charge >= 0.3 is 6.18 Å². The van der Waals surface area contributed by atoms with Gasteiger partial charge in [-0.1, -0.05) is 0 Å². The zero-order valence-electron chi connectivity index (χ0n) is 8.17. The minimum atomic E-state index is -4.31. The van der Waals surface area contributed by atoms with Gasteiger partial charge in [-0.15, -0.1) is 0 Å². The summed E-state index contributed by atoms with van der Waals surface area (Å²) < 4.78 is 45.0. The largest absolute Gasteiger partial charge is 0.494 e. The van der Waals surface area contributed by atoms with Crippen LogP contribution in [0.1, 0.15) is 6.92 Å². The Morgan fingerprint density at radius 3 is 1.87 bits per heavy atom. The molecule has 84 valence electrons. The molecule has 0 aromatic heterocycles. The van der Waals surface area contributed by atoms with Crippen molar-refractivity contribution >= 4 is 0 Å². The fraction of sp³-hybridized carbons (Fsp3) is 0.400. The van der Waals surface area contributed by atoms with Gasteiger partial charge in [0.1, 0.15) is 11.5 Å². The van der Waals surface area contributed by atoms with Crippen molar-refractivity contribution in [1.29, 1.82) is 0 Å². The lowest BCUT2D eigenvalue weighted by molar-refractivity contribution is -0.153. The van der Waals surface area contributed by atoms with Crippen LogP contribution in [0.4, 0.5) is 13.2 Å². The number of hydrogen-bond donors (Lipinski definition) is 0. The maximum Gasteiger partial charge on any atom is 0.422 e. The van der Waals surface area contributed by atoms with E-state index in [9.17, 15) is 13.2 Å². The van der Waals surface area contributed by atoms with Crippen LogP contribution in [-0.2, 0) is 0 Å². The van der Waals surface area contributed by atoms with Crippen molar-refractivity contribution in [2.24, 2.45) is 0 Å². The van der Waals surface area contributed by atoms with E-state index in [1.807, 2.05) is 6.92 Å². The van der Waals surface area contributed by atoms with Gasteiger partial charge in [0.2, 0.25) is 0 Å². The summed E-state index contributed by atoms with van der Waals surface area (Å²) in [6.45, 7) is 1.07. The van der Waals surface area contributed by atoms with E-state index in [-0.39, 0.29) is 5.75 Å². The molecule has 0 atom stereocenters. The first-order valence-corrected chi connectivity index (χ1v) is 4.43. The predicted molar refractivity (Wildman–Crippen MR) is 49.2 cm³/mol. The van der Waals surface area contributed by atoms with Crippen molar-refractivity contribution in [1.82, 2.24) is 0 Å². The molecule has 0 bridgehead atoms. The molecule has 0 heterocycles. The lowest BCUT2D eigenvalue weighted by Crippen LogP contribution is -2.19. The first-order valence-electron chi connectivity index (χ1n) is 4.43. The fourth-order valence-electron chi connectivity index (χ4n) is 0.964. The summed E-state index contributed by atoms with van der Waals surface area (Å²) in [7, 11) is 0. The zero-order chi connectivity index (χ0) is 11.3. The zero-order valence-corrected chi connectivity index (χ0v) is 8.17. The van der Waals surface area contributed by atoms with Gasteiger partial charge < -0.3 is 9.47 Å². The first-order chi connectivity index (χ1) is 7.01. The maximum absolute atomic E-state index is 11.8. The SMILES string of the molecule is CCOc1ccc(OCC(F)(F)F)cc1. The van der Waals surface area contributed by atoms with E-state index in [1.165, 1.54) is 12.1 Å². The molecule has 15 heavy (non-hydrogen) atoms. The molecule has 2 nitrogen and oxygen atoms in total. The average molecular weight is 220 g/mol. The number of benzene rings is 1. The van der Waals surface area contributed by atoms with Crippen LogP contribution in [0.15, 0.2) is 24.3 Å². The van der Waals surface area contributed by atoms with E-state index in [0.717, 1.165) is 0 Å². The number of hydrogen-bond acceptors (Lipinski definition) is 2. The fourth-order valence-corrected chi connectivity index (χ4v) is 0.964. The second kappa shape index (κ2) is 4.91. The van der Waals surface area contributed by atoms with E-state index < -0.39 is 12.8 Å². The van der Waals surface area contributed by atoms with Crippen molar-refractivity contribution in [2.75, 3.05) is 13.2 Å². The number of halogens is 3. The van der Waals surface area contributed by atoms with Crippen LogP contribution >= 0.6 is 0 Å².